The molecule has 3 nitrogen and oxygen atoms in total. The molecule has 0 bridgehead atoms. The number of ether oxygens (including phenoxy) is 1. The monoisotopic (exact) mass is 283 g/mol. The molecule has 1 N–H and O–H groups in total. The molecule has 0 amide bonds. The van der Waals surface area contributed by atoms with E-state index in [2.05, 4.69) is 27.8 Å². The van der Waals surface area contributed by atoms with Crippen molar-refractivity contribution in [3.8, 4) is 0 Å². The third-order valence-corrected chi connectivity index (χ3v) is 2.35. The highest BCUT2D eigenvalue weighted by molar-refractivity contribution is 9.11. The van der Waals surface area contributed by atoms with Crippen molar-refractivity contribution in [2.24, 2.45) is 0 Å². The van der Waals surface area contributed by atoms with Gasteiger partial charge >= 0.3 is 5.97 Å². The average Bonchev–Trinajstić information content (AvgIpc) is 2.30. The van der Waals surface area contributed by atoms with Crippen LogP contribution >= 0.6 is 15.9 Å². The molecule has 0 aromatic heterocycles. The summed E-state index contributed by atoms with van der Waals surface area (Å²) in [6.07, 6.45) is 0. The molecule has 1 unspecified atom stereocenters. The van der Waals surface area contributed by atoms with Crippen LogP contribution in [0.4, 0.5) is 0 Å². The molecule has 0 spiro atoms. The van der Waals surface area contributed by atoms with Gasteiger partial charge in [0.1, 0.15) is 6.04 Å². The zero-order valence-electron chi connectivity index (χ0n) is 9.07. The lowest BCUT2D eigenvalue weighted by Gasteiger charge is -2.16. The lowest BCUT2D eigenvalue weighted by Crippen LogP contribution is -2.30. The number of carbonyl (C=O) groups excluding carboxylic acids is 1. The van der Waals surface area contributed by atoms with Gasteiger partial charge in [-0.05, 0) is 5.56 Å². The summed E-state index contributed by atoms with van der Waals surface area (Å²) in [4.78, 5) is 11.6. The highest BCUT2D eigenvalue weighted by Gasteiger charge is 2.20. The standard InChI is InChI=1S/C12H14BrNO2/c1-9(13)8-14-11(12(15)16-2)10-6-4-3-5-7-10/h3-7,11,14H,1,8H2,2H3. The number of nitrogens with one attached hydrogen (secondary N) is 1. The van der Waals surface area contributed by atoms with Crippen LogP contribution in [0.15, 0.2) is 41.4 Å². The van der Waals surface area contributed by atoms with Gasteiger partial charge in [-0.1, -0.05) is 52.8 Å². The second-order valence-corrected chi connectivity index (χ2v) is 4.39. The lowest BCUT2D eigenvalue weighted by atomic mass is 10.1. The van der Waals surface area contributed by atoms with Gasteiger partial charge in [-0.2, -0.15) is 0 Å². The summed E-state index contributed by atoms with van der Waals surface area (Å²) in [5, 5.41) is 3.07. The fourth-order valence-corrected chi connectivity index (χ4v) is 1.48. The second kappa shape index (κ2) is 6.45. The Kier molecular flexibility index (Phi) is 5.22. The molecule has 0 heterocycles. The fourth-order valence-electron chi connectivity index (χ4n) is 1.31. The highest BCUT2D eigenvalue weighted by Crippen LogP contribution is 2.14. The van der Waals surface area contributed by atoms with Gasteiger partial charge in [0.25, 0.3) is 0 Å². The van der Waals surface area contributed by atoms with Crippen LogP contribution < -0.4 is 5.32 Å². The van der Waals surface area contributed by atoms with Gasteiger partial charge in [-0.25, -0.2) is 4.79 Å². The summed E-state index contributed by atoms with van der Waals surface area (Å²) in [7, 11) is 1.38. The van der Waals surface area contributed by atoms with Crippen molar-refractivity contribution >= 4 is 21.9 Å². The quantitative estimate of drug-likeness (QED) is 0.844. The van der Waals surface area contributed by atoms with Crippen LogP contribution in [0, 0.1) is 0 Å². The summed E-state index contributed by atoms with van der Waals surface area (Å²) >= 11 is 3.24. The molecule has 0 aliphatic carbocycles. The molecule has 0 saturated carbocycles. The molecule has 16 heavy (non-hydrogen) atoms. The zero-order valence-corrected chi connectivity index (χ0v) is 10.7. The van der Waals surface area contributed by atoms with Gasteiger partial charge < -0.3 is 4.74 Å². The molecule has 0 radical (unpaired) electrons. The third-order valence-electron chi connectivity index (χ3n) is 2.07. The average molecular weight is 284 g/mol. The molecule has 0 aliphatic rings. The van der Waals surface area contributed by atoms with Gasteiger partial charge in [0.05, 0.1) is 7.11 Å². The first kappa shape index (κ1) is 12.9. The van der Waals surface area contributed by atoms with Crippen LogP contribution in [0.2, 0.25) is 0 Å². The van der Waals surface area contributed by atoms with E-state index in [9.17, 15) is 4.79 Å². The van der Waals surface area contributed by atoms with Gasteiger partial charge in [0.15, 0.2) is 0 Å². The van der Waals surface area contributed by atoms with Crippen molar-refractivity contribution in [2.75, 3.05) is 13.7 Å². The second-order valence-electron chi connectivity index (χ2n) is 3.27. The normalized spacial score (nSPS) is 11.9. The Morgan fingerprint density at radius 2 is 2.12 bits per heavy atom. The van der Waals surface area contributed by atoms with Crippen LogP contribution in [0.1, 0.15) is 11.6 Å². The largest absolute Gasteiger partial charge is 0.468 e. The van der Waals surface area contributed by atoms with Gasteiger partial charge in [0, 0.05) is 11.0 Å². The molecule has 1 rings (SSSR count). The number of benzene rings is 1. The Morgan fingerprint density at radius 1 is 1.50 bits per heavy atom. The molecule has 0 saturated heterocycles. The van der Waals surface area contributed by atoms with Crippen LogP contribution in [0.5, 0.6) is 0 Å². The van der Waals surface area contributed by atoms with E-state index in [1.54, 1.807) is 0 Å². The molecule has 4 heteroatoms. The number of hydrogen-bond donors (Lipinski definition) is 1. The fraction of sp³-hybridized carbons (Fsp3) is 0.250. The van der Waals surface area contributed by atoms with E-state index in [4.69, 9.17) is 4.74 Å². The zero-order chi connectivity index (χ0) is 12.0. The third kappa shape index (κ3) is 3.79. The predicted molar refractivity (Wildman–Crippen MR) is 67.3 cm³/mol. The minimum Gasteiger partial charge on any atom is -0.468 e. The number of methoxy groups -OCH3 is 1. The SMILES string of the molecule is C=C(Br)CNC(C(=O)OC)c1ccccc1. The van der Waals surface area contributed by atoms with Crippen molar-refractivity contribution in [3.05, 3.63) is 47.0 Å². The maximum Gasteiger partial charge on any atom is 0.327 e. The van der Waals surface area contributed by atoms with Crippen molar-refractivity contribution in [3.63, 3.8) is 0 Å². The topological polar surface area (TPSA) is 38.3 Å². The summed E-state index contributed by atoms with van der Waals surface area (Å²) in [6, 6.07) is 8.98. The maximum atomic E-state index is 11.6. The molecule has 1 atom stereocenters. The molecule has 0 fully saturated rings. The number of carbonyl (C=O) groups is 1. The smallest absolute Gasteiger partial charge is 0.327 e. The first-order chi connectivity index (χ1) is 7.65. The molecule has 1 aromatic carbocycles. The Bertz CT molecular complexity index is 365. The Labute approximate surface area is 104 Å². The highest BCUT2D eigenvalue weighted by atomic mass is 79.9. The maximum absolute atomic E-state index is 11.6. The number of hydrogen-bond acceptors (Lipinski definition) is 3. The van der Waals surface area contributed by atoms with E-state index in [-0.39, 0.29) is 5.97 Å². The van der Waals surface area contributed by atoms with E-state index in [0.29, 0.717) is 6.54 Å². The Hall–Kier alpha value is -1.13. The van der Waals surface area contributed by atoms with E-state index >= 15 is 0 Å². The number of halogens is 1. The summed E-state index contributed by atoms with van der Waals surface area (Å²) in [6.45, 7) is 4.22. The van der Waals surface area contributed by atoms with E-state index in [1.807, 2.05) is 30.3 Å². The van der Waals surface area contributed by atoms with Crippen molar-refractivity contribution in [1.82, 2.24) is 5.32 Å². The summed E-state index contributed by atoms with van der Waals surface area (Å²) < 4.78 is 5.54. The van der Waals surface area contributed by atoms with Crippen molar-refractivity contribution in [1.29, 1.82) is 0 Å². The first-order valence-corrected chi connectivity index (χ1v) is 5.64. The Morgan fingerprint density at radius 3 is 2.62 bits per heavy atom. The van der Waals surface area contributed by atoms with E-state index in [0.717, 1.165) is 10.0 Å². The molecule has 86 valence electrons. The van der Waals surface area contributed by atoms with Gasteiger partial charge in [-0.3, -0.25) is 5.32 Å². The van der Waals surface area contributed by atoms with E-state index < -0.39 is 6.04 Å². The summed E-state index contributed by atoms with van der Waals surface area (Å²) in [5.74, 6) is -0.306. The molecule has 0 aliphatic heterocycles. The lowest BCUT2D eigenvalue weighted by molar-refractivity contribution is -0.143. The minimum absolute atomic E-state index is 0.306. The van der Waals surface area contributed by atoms with Gasteiger partial charge in [-0.15, -0.1) is 0 Å². The number of esters is 1. The summed E-state index contributed by atoms with van der Waals surface area (Å²) in [5.41, 5.74) is 0.878. The molecular formula is C12H14BrNO2. The van der Waals surface area contributed by atoms with Crippen LogP contribution in [-0.2, 0) is 9.53 Å². The predicted octanol–water partition coefficient (Wildman–Crippen LogP) is 2.40. The number of rotatable bonds is 5. The van der Waals surface area contributed by atoms with Crippen molar-refractivity contribution in [2.45, 2.75) is 6.04 Å². The van der Waals surface area contributed by atoms with Crippen LogP contribution in [0.3, 0.4) is 0 Å². The molecular weight excluding hydrogens is 270 g/mol. The van der Waals surface area contributed by atoms with Crippen LogP contribution in [-0.4, -0.2) is 19.6 Å². The Balaban J connectivity index is 2.79. The van der Waals surface area contributed by atoms with Crippen molar-refractivity contribution < 1.29 is 9.53 Å². The van der Waals surface area contributed by atoms with Gasteiger partial charge in [0.2, 0.25) is 0 Å². The van der Waals surface area contributed by atoms with E-state index in [1.165, 1.54) is 7.11 Å². The first-order valence-electron chi connectivity index (χ1n) is 4.84. The minimum atomic E-state index is -0.458. The van der Waals surface area contributed by atoms with Crippen LogP contribution in [0.25, 0.3) is 0 Å². The molecule has 1 aromatic rings.